The van der Waals surface area contributed by atoms with E-state index in [9.17, 15) is 41.9 Å². The van der Waals surface area contributed by atoms with Crippen LogP contribution in [-0.2, 0) is 72.5 Å². The summed E-state index contributed by atoms with van der Waals surface area (Å²) in [5.74, 6) is -2.36. The fraction of sp³-hybridized carbons (Fsp3) is 0.241. The first kappa shape index (κ1) is 83.9. The molecule has 12 rings (SSSR count). The number of alkyl halides is 1. The van der Waals surface area contributed by atoms with Crippen LogP contribution in [0.2, 0.25) is 0 Å². The number of alkyl carbamates (subject to hydrolysis) is 2. The molecule has 0 saturated heterocycles. The first-order valence-electron chi connectivity index (χ1n) is 34.8. The molecule has 564 valence electrons. The maximum Gasteiger partial charge on any atom is 0.407 e. The Hall–Kier alpha value is -11.3. The van der Waals surface area contributed by atoms with Crippen molar-refractivity contribution in [2.45, 2.75) is 77.1 Å². The predicted molar refractivity (Wildman–Crippen MR) is 410 cm³/mol. The summed E-state index contributed by atoms with van der Waals surface area (Å²) in [5.41, 5.74) is 24.0. The van der Waals surface area contributed by atoms with E-state index in [1.807, 2.05) is 153 Å². The number of carboxylic acids is 1. The normalized spacial score (nSPS) is 12.6. The third-order valence-electron chi connectivity index (χ3n) is 17.2. The molecule has 13 N–H and O–H groups in total. The van der Waals surface area contributed by atoms with E-state index in [2.05, 4.69) is 42.0 Å². The molecule has 0 aliphatic carbocycles. The number of hydrogen-bond acceptors (Lipinski definition) is 14. The van der Waals surface area contributed by atoms with Gasteiger partial charge < -0.3 is 70.6 Å². The van der Waals surface area contributed by atoms with Gasteiger partial charge in [-0.15, -0.1) is 11.6 Å². The number of rotatable bonds is 27. The Morgan fingerprint density at radius 1 is 0.481 bits per heavy atom. The molecule has 3 atom stereocenters. The van der Waals surface area contributed by atoms with Gasteiger partial charge in [-0.1, -0.05) is 171 Å². The van der Waals surface area contributed by atoms with Crippen molar-refractivity contribution in [1.82, 2.24) is 27.4 Å². The lowest BCUT2D eigenvalue weighted by Gasteiger charge is -2.14. The molecular formula is C83H87Cl2F3N10O10. The molecule has 3 heterocycles. The summed E-state index contributed by atoms with van der Waals surface area (Å²) in [5, 5.41) is 20.0. The van der Waals surface area contributed by atoms with Gasteiger partial charge in [-0.25, -0.2) is 42.5 Å². The number of halogens is 5. The number of fused-ring (bicyclic) bond motifs is 3. The number of quaternary nitrogens is 1. The second-order valence-electron chi connectivity index (χ2n) is 25.3. The lowest BCUT2D eigenvalue weighted by Crippen LogP contribution is -3.00. The Morgan fingerprint density at radius 3 is 1.21 bits per heavy atom. The summed E-state index contributed by atoms with van der Waals surface area (Å²) >= 11 is 6.10. The number of carbonyl (C=O) groups excluding carboxylic acids is 5. The van der Waals surface area contributed by atoms with Gasteiger partial charge in [0.25, 0.3) is 11.8 Å². The number of aliphatic carboxylic acids is 1. The molecule has 0 fully saturated rings. The summed E-state index contributed by atoms with van der Waals surface area (Å²) in [6.07, 6.45) is 2.67. The van der Waals surface area contributed by atoms with Crippen LogP contribution < -0.4 is 51.3 Å². The van der Waals surface area contributed by atoms with Gasteiger partial charge in [-0.2, -0.15) is 0 Å². The van der Waals surface area contributed by atoms with E-state index in [1.54, 1.807) is 36.4 Å². The number of carboxylic acid groups (broad SMARTS) is 1. The second-order valence-corrected chi connectivity index (χ2v) is 26.0. The van der Waals surface area contributed by atoms with Crippen molar-refractivity contribution in [2.75, 3.05) is 39.3 Å². The Bertz CT molecular complexity index is 4550. The van der Waals surface area contributed by atoms with Crippen molar-refractivity contribution in [3.63, 3.8) is 0 Å². The Kier molecular flexibility index (Phi) is 33.7. The van der Waals surface area contributed by atoms with Gasteiger partial charge in [0.2, 0.25) is 0 Å². The second kappa shape index (κ2) is 43.3. The standard InChI is InChI=1S/C28H28FN3O3.C21H26N2O4.C19H19ClFN3O.C15H10FNO2.ClH.H3N/c1-19(13-14-30-28(34)35-18-20-5-3-2-4-6-20)17-31-27(33)26-16-23-8-7-22(15-25(23)32-26)21-9-11-24(29)12-10-21;22-14-19(13-20(24)26-15-17-7-3-1-4-8-17)11-12-23-21(25)27-16-18-9-5-2-6-10-18;20-15(7-8-22)11-23-19(25)18-10-14-2-1-13(9-17(14)24-18)12-3-5-16(21)6-4-12;16-12-5-3-9(4-6-12)10-1-2-11-8-14(15(18)19)17-13(11)7-10;;/h2-12,15,19H,13-14,16-18H2,1H3,(H,30,34)(H,31,33);1-10,19H,11-16,22H2,(H,23,25);1-6,9,15H,7-8,10-11,22H2,(H,23,25);1-7H,8H2,(H,18,19);1H;1H3/t2*19-;15-;;;/m010.../s1. The topological polar surface area (TPSA) is 324 Å². The predicted octanol–water partition coefficient (Wildman–Crippen LogP) is 11.1. The highest BCUT2D eigenvalue weighted by atomic mass is 35.5. The average Bonchev–Trinajstić information content (AvgIpc) is 1.66. The molecule has 0 radical (unpaired) electrons. The highest BCUT2D eigenvalue weighted by molar-refractivity contribution is 6.41. The molecular weight excluding hydrogens is 1420 g/mol. The molecule has 108 heavy (non-hydrogen) atoms. The smallest absolute Gasteiger partial charge is 0.407 e. The zero-order valence-electron chi connectivity index (χ0n) is 59.7. The maximum absolute atomic E-state index is 13.2. The summed E-state index contributed by atoms with van der Waals surface area (Å²) in [6.45, 7) is 5.54. The fourth-order valence-corrected chi connectivity index (χ4v) is 11.4. The van der Waals surface area contributed by atoms with Crippen molar-refractivity contribution < 1.29 is 79.4 Å². The fourth-order valence-electron chi connectivity index (χ4n) is 11.2. The van der Waals surface area contributed by atoms with Crippen LogP contribution in [0, 0.1) is 29.3 Å². The summed E-state index contributed by atoms with van der Waals surface area (Å²) in [7, 11) is 0. The van der Waals surface area contributed by atoms with E-state index in [1.165, 1.54) is 36.4 Å². The number of carbonyl (C=O) groups is 6. The molecule has 3 aliphatic rings. The van der Waals surface area contributed by atoms with Gasteiger partial charge in [-0.05, 0) is 153 Å². The third-order valence-corrected chi connectivity index (χ3v) is 17.6. The number of amides is 4. The van der Waals surface area contributed by atoms with Crippen molar-refractivity contribution in [3.8, 4) is 33.4 Å². The van der Waals surface area contributed by atoms with Gasteiger partial charge in [0, 0.05) is 58.3 Å². The number of ether oxygens (including phenoxy) is 3. The number of benzene rings is 9. The van der Waals surface area contributed by atoms with Gasteiger partial charge in [0.05, 0.1) is 29.0 Å². The first-order chi connectivity index (χ1) is 51.3. The molecule has 4 amide bonds. The molecule has 0 bridgehead atoms. The van der Waals surface area contributed by atoms with E-state index < -0.39 is 18.2 Å². The molecule has 9 aromatic carbocycles. The van der Waals surface area contributed by atoms with Crippen LogP contribution >= 0.6 is 11.6 Å². The molecule has 0 aromatic heterocycles. The Morgan fingerprint density at radius 2 is 0.833 bits per heavy atom. The third kappa shape index (κ3) is 26.9. The molecule has 25 heteroatoms. The lowest BCUT2D eigenvalue weighted by molar-refractivity contribution is -0.368. The average molecular weight is 1510 g/mol. The largest absolute Gasteiger partial charge is 1.00 e. The SMILES string of the molecule is C[C@@H](CCNC(=O)OCc1ccccc1)CNC(=O)C1=Nc2cc(-c3ccc(F)cc3)ccc2C1.N.NC[C@H](CCNC(=O)OCc1ccccc1)CC(=O)OCc1ccccc1.O=C(O)C1=Nc2cc(-c3ccc(F)cc3)ccc2C1.[Cl-].[NH3+]CC[C@H](Cl)CNC(=O)C1=Nc2cc(-c3ccc(F)cc3)ccc2C1. The van der Waals surface area contributed by atoms with Gasteiger partial charge in [0.1, 0.15) is 54.4 Å². The number of nitrogens with one attached hydrogen (secondary N) is 4. The lowest BCUT2D eigenvalue weighted by atomic mass is 10.0. The van der Waals surface area contributed by atoms with Crippen LogP contribution in [0.1, 0.15) is 66.0 Å². The monoisotopic (exact) mass is 1510 g/mol. The minimum absolute atomic E-state index is 0. The quantitative estimate of drug-likeness (QED) is 0.0135. The van der Waals surface area contributed by atoms with Crippen molar-refractivity contribution >= 4 is 81.7 Å². The Balaban J connectivity index is 0.000000203. The maximum atomic E-state index is 13.2. The van der Waals surface area contributed by atoms with Crippen LogP contribution in [0.4, 0.5) is 39.8 Å². The first-order valence-corrected chi connectivity index (χ1v) is 35.2. The van der Waals surface area contributed by atoms with E-state index in [-0.39, 0.29) is 103 Å². The summed E-state index contributed by atoms with van der Waals surface area (Å²) < 4.78 is 54.7. The Labute approximate surface area is 636 Å². The number of aliphatic imine (C=N–C) groups is 3. The number of nitrogens with zero attached hydrogens (tertiary/aromatic N) is 3. The molecule has 9 aromatic rings. The van der Waals surface area contributed by atoms with Gasteiger partial charge in [0.15, 0.2) is 0 Å². The molecule has 0 saturated carbocycles. The van der Waals surface area contributed by atoms with Gasteiger partial charge in [-0.3, -0.25) is 14.4 Å². The number of nitrogens with two attached hydrogens (primary N) is 1. The molecule has 0 unspecified atom stereocenters. The number of esters is 1. The van der Waals surface area contributed by atoms with Crippen molar-refractivity contribution in [3.05, 3.63) is 269 Å². The summed E-state index contributed by atoms with van der Waals surface area (Å²) in [6, 6.07) is 64.5. The van der Waals surface area contributed by atoms with Gasteiger partial charge >= 0.3 is 24.1 Å². The van der Waals surface area contributed by atoms with Crippen molar-refractivity contribution in [1.29, 1.82) is 0 Å². The van der Waals surface area contributed by atoms with Crippen LogP contribution in [0.3, 0.4) is 0 Å². The van der Waals surface area contributed by atoms with E-state index in [0.29, 0.717) is 81.9 Å². The van der Waals surface area contributed by atoms with E-state index in [0.717, 1.165) is 91.1 Å². The highest BCUT2D eigenvalue weighted by Gasteiger charge is 2.25. The molecule has 20 nitrogen and oxygen atoms in total. The van der Waals surface area contributed by atoms with Crippen molar-refractivity contribution in [2.24, 2.45) is 32.5 Å². The van der Waals surface area contributed by atoms with E-state index >= 15 is 0 Å². The van der Waals surface area contributed by atoms with Crippen LogP contribution in [0.25, 0.3) is 33.4 Å². The van der Waals surface area contributed by atoms with Crippen LogP contribution in [-0.4, -0.2) is 103 Å². The van der Waals surface area contributed by atoms with E-state index in [4.69, 9.17) is 36.7 Å². The minimum atomic E-state index is -0.987. The van der Waals surface area contributed by atoms with Crippen LogP contribution in [0.5, 0.6) is 0 Å². The molecule has 0 spiro atoms. The minimum Gasteiger partial charge on any atom is -1.00 e. The zero-order chi connectivity index (χ0) is 75.2. The molecule has 3 aliphatic heterocycles. The zero-order valence-corrected chi connectivity index (χ0v) is 61.2. The number of hydrogen-bond donors (Lipinski definition) is 8. The summed E-state index contributed by atoms with van der Waals surface area (Å²) in [4.78, 5) is 84.4. The van der Waals surface area contributed by atoms with Crippen LogP contribution in [0.15, 0.2) is 233 Å². The highest BCUT2D eigenvalue weighted by Crippen LogP contribution is 2.35.